The fourth-order valence-corrected chi connectivity index (χ4v) is 6.78. The maximum absolute atomic E-state index is 12.8. The standard InChI is InChI=1S/C20H18ClN7O7S3/c21-15-11(26-20(22)37-15)12(27-33)16(29)25-13-17(30)28-14(19(31)32)9(8-36-18(13)28)3-1-6-24-38(34,35)10-4-2-5-23-7-10/h1-5,7,13,18,24,33H,6,8H2,(H2,22,26)(H,25,29)(H,31,32)/b3-1+,27-12-/t13-,18-/m1/s1. The van der Waals surface area contributed by atoms with E-state index < -0.39 is 44.9 Å². The molecule has 1 saturated heterocycles. The zero-order valence-corrected chi connectivity index (χ0v) is 22.1. The number of thioether (sulfide) groups is 1. The summed E-state index contributed by atoms with van der Waals surface area (Å²) >= 11 is 8.02. The minimum Gasteiger partial charge on any atom is -0.477 e. The Kier molecular flexibility index (Phi) is 8.02. The summed E-state index contributed by atoms with van der Waals surface area (Å²) < 4.78 is 26.9. The number of fused-ring (bicyclic) bond motifs is 1. The molecule has 0 spiro atoms. The van der Waals surface area contributed by atoms with Crippen molar-refractivity contribution in [2.24, 2.45) is 5.16 Å². The van der Waals surface area contributed by atoms with Gasteiger partial charge in [0.05, 0.1) is 0 Å². The Morgan fingerprint density at radius 2 is 2.16 bits per heavy atom. The summed E-state index contributed by atoms with van der Waals surface area (Å²) in [5, 5.41) is 23.7. The third-order valence-corrected chi connectivity index (χ3v) is 9.08. The molecule has 0 bridgehead atoms. The van der Waals surface area contributed by atoms with Crippen LogP contribution in [0.15, 0.2) is 58.0 Å². The van der Waals surface area contributed by atoms with Crippen LogP contribution < -0.4 is 15.8 Å². The van der Waals surface area contributed by atoms with Gasteiger partial charge in [0.15, 0.2) is 10.8 Å². The van der Waals surface area contributed by atoms with Crippen LogP contribution in [-0.2, 0) is 24.4 Å². The van der Waals surface area contributed by atoms with Crippen molar-refractivity contribution in [1.82, 2.24) is 24.9 Å². The van der Waals surface area contributed by atoms with Gasteiger partial charge >= 0.3 is 5.97 Å². The SMILES string of the molecule is Nc1nc(/C(=N/O)C(=O)N[C@@H]2C(=O)N3C(C(=O)O)=C(/C=C/CNS(=O)(=O)c4cccnc4)CS[C@H]23)c(Cl)s1. The summed E-state index contributed by atoms with van der Waals surface area (Å²) in [5.41, 5.74) is 4.83. The van der Waals surface area contributed by atoms with Crippen molar-refractivity contribution in [3.05, 3.63) is 58.0 Å². The highest BCUT2D eigenvalue weighted by atomic mass is 35.5. The number of carboxylic acid groups (broad SMARTS) is 1. The third-order valence-electron chi connectivity index (χ3n) is 5.28. The number of nitrogens with one attached hydrogen (secondary N) is 2. The van der Waals surface area contributed by atoms with Crippen LogP contribution in [0, 0.1) is 0 Å². The summed E-state index contributed by atoms with van der Waals surface area (Å²) in [5.74, 6) is -2.86. The van der Waals surface area contributed by atoms with E-state index in [0.717, 1.165) is 16.2 Å². The topological polar surface area (TPSA) is 217 Å². The van der Waals surface area contributed by atoms with E-state index in [4.69, 9.17) is 17.3 Å². The summed E-state index contributed by atoms with van der Waals surface area (Å²) in [6.45, 7) is -0.138. The van der Waals surface area contributed by atoms with Crippen LogP contribution in [0.2, 0.25) is 4.34 Å². The number of anilines is 1. The number of allylic oxidation sites excluding steroid dienone is 1. The van der Waals surface area contributed by atoms with E-state index in [9.17, 15) is 33.1 Å². The lowest BCUT2D eigenvalue weighted by atomic mass is 10.0. The van der Waals surface area contributed by atoms with Crippen molar-refractivity contribution >= 4 is 73.3 Å². The van der Waals surface area contributed by atoms with Crippen LogP contribution in [0.25, 0.3) is 0 Å². The Morgan fingerprint density at radius 3 is 2.76 bits per heavy atom. The van der Waals surface area contributed by atoms with Gasteiger partial charge in [0.1, 0.15) is 32.0 Å². The van der Waals surface area contributed by atoms with Gasteiger partial charge in [-0.3, -0.25) is 19.5 Å². The summed E-state index contributed by atoms with van der Waals surface area (Å²) in [6.07, 6.45) is 5.47. The highest BCUT2D eigenvalue weighted by Gasteiger charge is 2.54. The van der Waals surface area contributed by atoms with E-state index >= 15 is 0 Å². The number of halogens is 1. The van der Waals surface area contributed by atoms with Crippen molar-refractivity contribution in [2.75, 3.05) is 18.0 Å². The largest absolute Gasteiger partial charge is 0.477 e. The second-order valence-electron chi connectivity index (χ2n) is 7.61. The number of rotatable bonds is 9. The van der Waals surface area contributed by atoms with Gasteiger partial charge in [0.2, 0.25) is 10.0 Å². The molecule has 6 N–H and O–H groups in total. The monoisotopic (exact) mass is 599 g/mol. The van der Waals surface area contributed by atoms with Crippen molar-refractivity contribution < 1.29 is 33.1 Å². The number of carboxylic acids is 1. The predicted octanol–water partition coefficient (Wildman–Crippen LogP) is 0.225. The maximum atomic E-state index is 12.8. The van der Waals surface area contributed by atoms with Crippen LogP contribution in [0.4, 0.5) is 5.13 Å². The number of pyridine rings is 1. The summed E-state index contributed by atoms with van der Waals surface area (Å²) in [7, 11) is -3.81. The lowest BCUT2D eigenvalue weighted by Gasteiger charge is -2.49. The number of sulfonamides is 1. The Hall–Kier alpha value is -3.51. The molecular formula is C20H18ClN7O7S3. The molecule has 38 heavy (non-hydrogen) atoms. The number of nitrogen functional groups attached to an aromatic ring is 1. The Morgan fingerprint density at radius 1 is 1.39 bits per heavy atom. The van der Waals surface area contributed by atoms with Gasteiger partial charge in [-0.05, 0) is 17.7 Å². The molecule has 0 saturated carbocycles. The first kappa shape index (κ1) is 27.5. The van der Waals surface area contributed by atoms with Gasteiger partial charge in [-0.2, -0.15) is 0 Å². The molecule has 2 aliphatic rings. The summed E-state index contributed by atoms with van der Waals surface area (Å²) in [4.78, 5) is 46.1. The Balaban J connectivity index is 1.45. The zero-order chi connectivity index (χ0) is 27.6. The van der Waals surface area contributed by atoms with Gasteiger partial charge in [0.25, 0.3) is 11.8 Å². The Bertz CT molecular complexity index is 1490. The number of thiazole rings is 1. The molecule has 14 nitrogen and oxygen atoms in total. The molecular weight excluding hydrogens is 582 g/mol. The van der Waals surface area contributed by atoms with Crippen LogP contribution in [0.5, 0.6) is 0 Å². The fraction of sp³-hybridized carbons (Fsp3) is 0.200. The minimum absolute atomic E-state index is 0.00862. The van der Waals surface area contributed by atoms with Crippen LogP contribution in [0.3, 0.4) is 0 Å². The summed E-state index contributed by atoms with van der Waals surface area (Å²) in [6, 6.07) is 1.75. The fourth-order valence-electron chi connectivity index (χ4n) is 3.59. The molecule has 0 aliphatic carbocycles. The molecule has 4 heterocycles. The first-order chi connectivity index (χ1) is 18.0. The van der Waals surface area contributed by atoms with Gasteiger partial charge in [-0.25, -0.2) is 22.9 Å². The molecule has 0 aromatic carbocycles. The predicted molar refractivity (Wildman–Crippen MR) is 138 cm³/mol. The number of aliphatic carboxylic acids is 1. The van der Waals surface area contributed by atoms with Crippen molar-refractivity contribution in [3.8, 4) is 0 Å². The van der Waals surface area contributed by atoms with Gasteiger partial charge in [-0.15, -0.1) is 11.8 Å². The van der Waals surface area contributed by atoms with E-state index in [-0.39, 0.29) is 43.6 Å². The van der Waals surface area contributed by atoms with Crippen LogP contribution in [0.1, 0.15) is 5.69 Å². The number of nitrogens with two attached hydrogens (primary N) is 1. The molecule has 2 aromatic heterocycles. The van der Waals surface area contributed by atoms with Crippen LogP contribution in [-0.4, -0.2) is 80.8 Å². The van der Waals surface area contributed by atoms with E-state index in [0.29, 0.717) is 0 Å². The van der Waals surface area contributed by atoms with Crippen LogP contribution >= 0.6 is 34.7 Å². The first-order valence-corrected chi connectivity index (χ1v) is 14.2. The number of oxime groups is 1. The van der Waals surface area contributed by atoms with Crippen molar-refractivity contribution in [3.63, 3.8) is 0 Å². The lowest BCUT2D eigenvalue weighted by molar-refractivity contribution is -0.150. The lowest BCUT2D eigenvalue weighted by Crippen LogP contribution is -2.71. The second kappa shape index (κ2) is 11.1. The van der Waals surface area contributed by atoms with Crippen molar-refractivity contribution in [2.45, 2.75) is 16.3 Å². The highest BCUT2D eigenvalue weighted by Crippen LogP contribution is 2.40. The molecule has 18 heteroatoms. The Labute approximate surface area is 228 Å². The van der Waals surface area contributed by atoms with E-state index in [2.05, 4.69) is 25.2 Å². The zero-order valence-electron chi connectivity index (χ0n) is 18.9. The maximum Gasteiger partial charge on any atom is 0.352 e. The quantitative estimate of drug-likeness (QED) is 0.114. The number of nitrogens with zero attached hydrogens (tertiary/aromatic N) is 4. The van der Waals surface area contributed by atoms with Gasteiger partial charge in [0, 0.05) is 24.7 Å². The van der Waals surface area contributed by atoms with E-state index in [1.54, 1.807) is 0 Å². The number of aromatic nitrogens is 2. The number of hydrogen-bond donors (Lipinski definition) is 5. The minimum atomic E-state index is -3.81. The number of carbonyl (C=O) groups is 3. The van der Waals surface area contributed by atoms with E-state index in [1.807, 2.05) is 0 Å². The third kappa shape index (κ3) is 5.37. The molecule has 0 unspecified atom stereocenters. The molecule has 2 amide bonds. The second-order valence-corrected chi connectivity index (χ2v) is 12.1. The average Bonchev–Trinajstić information content (AvgIpc) is 3.22. The van der Waals surface area contributed by atoms with Crippen molar-refractivity contribution in [1.29, 1.82) is 0 Å². The van der Waals surface area contributed by atoms with Gasteiger partial charge < -0.3 is 21.4 Å². The molecule has 1 fully saturated rings. The smallest absolute Gasteiger partial charge is 0.352 e. The number of hydrogen-bond acceptors (Lipinski definition) is 12. The first-order valence-electron chi connectivity index (χ1n) is 10.5. The molecule has 0 radical (unpaired) electrons. The molecule has 2 aliphatic heterocycles. The normalized spacial score (nSPS) is 19.9. The van der Waals surface area contributed by atoms with E-state index in [1.165, 1.54) is 48.4 Å². The number of carbonyl (C=O) groups excluding carboxylic acids is 2. The molecule has 4 rings (SSSR count). The molecule has 2 aromatic rings. The van der Waals surface area contributed by atoms with Gasteiger partial charge in [-0.1, -0.05) is 40.2 Å². The molecule has 2 atom stereocenters. The highest BCUT2D eigenvalue weighted by molar-refractivity contribution is 8.00. The average molecular weight is 600 g/mol. The number of β-lactam (4-membered cyclic amide) rings is 1. The molecule has 200 valence electrons. The number of amides is 2.